The topological polar surface area (TPSA) is 49.3 Å². The fourth-order valence-corrected chi connectivity index (χ4v) is 2.36. The maximum Gasteiger partial charge on any atom is 0.251 e. The Morgan fingerprint density at radius 3 is 2.67 bits per heavy atom. The van der Waals surface area contributed by atoms with Gasteiger partial charge in [0.05, 0.1) is 6.61 Å². The first-order valence-electron chi connectivity index (χ1n) is 7.63. The Morgan fingerprint density at radius 2 is 2.05 bits per heavy atom. The summed E-state index contributed by atoms with van der Waals surface area (Å²) >= 11 is 0. The summed E-state index contributed by atoms with van der Waals surface area (Å²) in [5, 5.41) is 11.8. The molecule has 0 aliphatic heterocycles. The summed E-state index contributed by atoms with van der Waals surface area (Å²) in [6, 6.07) is 7.45. The average molecular weight is 287 g/mol. The van der Waals surface area contributed by atoms with Crippen LogP contribution in [0.1, 0.15) is 56.0 Å². The smallest absolute Gasteiger partial charge is 0.251 e. The Morgan fingerprint density at radius 1 is 1.33 bits per heavy atom. The molecule has 3 heteroatoms. The number of rotatable bonds is 6. The number of carbonyl (C=O) groups excluding carboxylic acids is 1. The van der Waals surface area contributed by atoms with Crippen molar-refractivity contribution in [3.63, 3.8) is 0 Å². The minimum Gasteiger partial charge on any atom is -0.395 e. The lowest BCUT2D eigenvalue weighted by Gasteiger charge is -2.22. The van der Waals surface area contributed by atoms with Crippen LogP contribution >= 0.6 is 0 Å². The van der Waals surface area contributed by atoms with Gasteiger partial charge in [-0.25, -0.2) is 0 Å². The van der Waals surface area contributed by atoms with Gasteiger partial charge in [0.25, 0.3) is 5.91 Å². The van der Waals surface area contributed by atoms with Gasteiger partial charge in [-0.15, -0.1) is 0 Å². The average Bonchev–Trinajstić information content (AvgIpc) is 2.49. The highest BCUT2D eigenvalue weighted by atomic mass is 16.2. The number of nitrogens with one attached hydrogen (secondary N) is 1. The third-order valence-corrected chi connectivity index (χ3v) is 3.71. The second-order valence-corrected chi connectivity index (χ2v) is 5.19. The van der Waals surface area contributed by atoms with E-state index in [1.807, 2.05) is 12.1 Å². The van der Waals surface area contributed by atoms with Crippen molar-refractivity contribution in [2.75, 3.05) is 6.61 Å². The quantitative estimate of drug-likeness (QED) is 0.790. The molecule has 1 amide bonds. The molecule has 0 saturated carbocycles. The Balaban J connectivity index is 2.75. The van der Waals surface area contributed by atoms with Crippen molar-refractivity contribution in [2.24, 2.45) is 5.92 Å². The minimum absolute atomic E-state index is 0.0554. The van der Waals surface area contributed by atoms with Crippen molar-refractivity contribution in [1.29, 1.82) is 0 Å². The van der Waals surface area contributed by atoms with Crippen molar-refractivity contribution in [2.45, 2.75) is 46.1 Å². The molecular weight excluding hydrogens is 262 g/mol. The lowest BCUT2D eigenvalue weighted by molar-refractivity contribution is 0.0925. The van der Waals surface area contributed by atoms with Gasteiger partial charge in [-0.2, -0.15) is 0 Å². The van der Waals surface area contributed by atoms with Gasteiger partial charge in [0.15, 0.2) is 0 Å². The molecule has 2 N–H and O–H groups in total. The minimum atomic E-state index is -0.0554. The molecular formula is C18H25NO2. The number of amides is 1. The first-order chi connectivity index (χ1) is 10.1. The number of aliphatic hydroxyl groups is 1. The number of aliphatic hydroxyl groups excluding tert-OH is 1. The maximum atomic E-state index is 12.3. The Bertz CT molecular complexity index is 509. The first kappa shape index (κ1) is 17.3. The molecule has 0 saturated heterocycles. The SMILES string of the molecule is CCC(CC)C(C)NC(=O)c1cccc(C#CCCO)c1. The summed E-state index contributed by atoms with van der Waals surface area (Å²) in [7, 11) is 0. The largest absolute Gasteiger partial charge is 0.395 e. The van der Waals surface area contributed by atoms with Crippen molar-refractivity contribution in [3.05, 3.63) is 35.4 Å². The summed E-state index contributed by atoms with van der Waals surface area (Å²) in [5.74, 6) is 6.26. The van der Waals surface area contributed by atoms with Crippen molar-refractivity contribution in [3.8, 4) is 11.8 Å². The van der Waals surface area contributed by atoms with Crippen LogP contribution in [-0.2, 0) is 0 Å². The lowest BCUT2D eigenvalue weighted by Crippen LogP contribution is -2.37. The van der Waals surface area contributed by atoms with Gasteiger partial charge in [-0.1, -0.05) is 44.6 Å². The second kappa shape index (κ2) is 9.20. The zero-order valence-corrected chi connectivity index (χ0v) is 13.1. The fourth-order valence-electron chi connectivity index (χ4n) is 2.36. The molecule has 1 aromatic rings. The van der Waals surface area contributed by atoms with Crippen LogP contribution in [0.25, 0.3) is 0 Å². The Hall–Kier alpha value is -1.79. The highest BCUT2D eigenvalue weighted by Crippen LogP contribution is 2.13. The van der Waals surface area contributed by atoms with E-state index in [-0.39, 0.29) is 18.6 Å². The summed E-state index contributed by atoms with van der Waals surface area (Å²) in [5.41, 5.74) is 1.43. The van der Waals surface area contributed by atoms with E-state index in [0.717, 1.165) is 18.4 Å². The predicted octanol–water partition coefficient (Wildman–Crippen LogP) is 2.98. The van der Waals surface area contributed by atoms with Gasteiger partial charge >= 0.3 is 0 Å². The number of benzene rings is 1. The number of hydrogen-bond acceptors (Lipinski definition) is 2. The second-order valence-electron chi connectivity index (χ2n) is 5.19. The Kier molecular flexibility index (Phi) is 7.56. The van der Waals surface area contributed by atoms with E-state index in [9.17, 15) is 4.79 Å². The standard InChI is InChI=1S/C18H25NO2/c1-4-16(5-2)14(3)19-18(21)17-11-8-10-15(13-17)9-6-7-12-20/h8,10-11,13-14,16,20H,4-5,7,12H2,1-3H3,(H,19,21). The van der Waals surface area contributed by atoms with E-state index in [2.05, 4.69) is 37.9 Å². The molecule has 1 aromatic carbocycles. The molecule has 1 unspecified atom stereocenters. The van der Waals surface area contributed by atoms with Crippen LogP contribution in [0.5, 0.6) is 0 Å². The van der Waals surface area contributed by atoms with Crippen molar-refractivity contribution in [1.82, 2.24) is 5.32 Å². The van der Waals surface area contributed by atoms with E-state index < -0.39 is 0 Å². The molecule has 0 aliphatic rings. The van der Waals surface area contributed by atoms with Crippen LogP contribution in [0.2, 0.25) is 0 Å². The van der Waals surface area contributed by atoms with Crippen LogP contribution in [0.4, 0.5) is 0 Å². The van der Waals surface area contributed by atoms with Gasteiger partial charge in [-0.05, 0) is 31.0 Å². The monoisotopic (exact) mass is 287 g/mol. The number of hydrogen-bond donors (Lipinski definition) is 2. The van der Waals surface area contributed by atoms with Crippen LogP contribution in [-0.4, -0.2) is 23.7 Å². The summed E-state index contributed by atoms with van der Waals surface area (Å²) in [4.78, 5) is 12.3. The molecule has 0 heterocycles. The van der Waals surface area contributed by atoms with Crippen LogP contribution in [0, 0.1) is 17.8 Å². The number of carbonyl (C=O) groups is 1. The highest BCUT2D eigenvalue weighted by Gasteiger charge is 2.16. The molecule has 0 spiro atoms. The molecule has 0 aliphatic carbocycles. The molecule has 0 radical (unpaired) electrons. The van der Waals surface area contributed by atoms with Gasteiger partial charge in [0.1, 0.15) is 0 Å². The fraction of sp³-hybridized carbons (Fsp3) is 0.500. The Labute approximate surface area is 127 Å². The highest BCUT2D eigenvalue weighted by molar-refractivity contribution is 5.94. The normalized spacial score (nSPS) is 11.7. The van der Waals surface area contributed by atoms with Gasteiger partial charge in [0, 0.05) is 23.6 Å². The molecule has 0 fully saturated rings. The predicted molar refractivity (Wildman–Crippen MR) is 86.0 cm³/mol. The van der Waals surface area contributed by atoms with Gasteiger partial charge in [-0.3, -0.25) is 4.79 Å². The molecule has 1 rings (SSSR count). The maximum absolute atomic E-state index is 12.3. The zero-order chi connectivity index (χ0) is 15.7. The third kappa shape index (κ3) is 5.61. The molecule has 0 bridgehead atoms. The van der Waals surface area contributed by atoms with Gasteiger partial charge < -0.3 is 10.4 Å². The summed E-state index contributed by atoms with van der Waals surface area (Å²) < 4.78 is 0. The molecule has 0 aromatic heterocycles. The van der Waals surface area contributed by atoms with Crippen molar-refractivity contribution < 1.29 is 9.90 Å². The lowest BCUT2D eigenvalue weighted by atomic mass is 9.95. The van der Waals surface area contributed by atoms with E-state index in [0.29, 0.717) is 17.9 Å². The van der Waals surface area contributed by atoms with E-state index in [1.165, 1.54) is 0 Å². The van der Waals surface area contributed by atoms with Crippen molar-refractivity contribution >= 4 is 5.91 Å². The van der Waals surface area contributed by atoms with Crippen LogP contribution in [0.3, 0.4) is 0 Å². The van der Waals surface area contributed by atoms with Crippen LogP contribution < -0.4 is 5.32 Å². The van der Waals surface area contributed by atoms with E-state index in [1.54, 1.807) is 12.1 Å². The van der Waals surface area contributed by atoms with E-state index in [4.69, 9.17) is 5.11 Å². The van der Waals surface area contributed by atoms with Gasteiger partial charge in [0.2, 0.25) is 0 Å². The van der Waals surface area contributed by atoms with Crippen LogP contribution in [0.15, 0.2) is 24.3 Å². The summed E-state index contributed by atoms with van der Waals surface area (Å²) in [6.45, 7) is 6.41. The molecule has 1 atom stereocenters. The first-order valence-corrected chi connectivity index (χ1v) is 7.63. The molecule has 21 heavy (non-hydrogen) atoms. The van der Waals surface area contributed by atoms with E-state index >= 15 is 0 Å². The molecule has 114 valence electrons. The zero-order valence-electron chi connectivity index (χ0n) is 13.1. The third-order valence-electron chi connectivity index (χ3n) is 3.71. The molecule has 3 nitrogen and oxygen atoms in total. The summed E-state index contributed by atoms with van der Waals surface area (Å²) in [6.07, 6.45) is 2.57.